The van der Waals surface area contributed by atoms with E-state index in [4.69, 9.17) is 14.7 Å². The molecule has 0 N–H and O–H groups in total. The Balaban J connectivity index is 1.90. The molecule has 0 bridgehead atoms. The molecule has 0 aliphatic carbocycles. The van der Waals surface area contributed by atoms with Crippen molar-refractivity contribution in [1.29, 1.82) is 5.26 Å². The molecule has 0 atom stereocenters. The number of nitriles is 1. The quantitative estimate of drug-likeness (QED) is 0.423. The predicted octanol–water partition coefficient (Wildman–Crippen LogP) is 4.38. The van der Waals surface area contributed by atoms with Gasteiger partial charge in [0.1, 0.15) is 0 Å². The van der Waals surface area contributed by atoms with Gasteiger partial charge in [0.25, 0.3) is 0 Å². The average molecular weight is 387 g/mol. The van der Waals surface area contributed by atoms with Crippen molar-refractivity contribution >= 4 is 11.9 Å². The molecule has 0 aliphatic rings. The molecule has 0 radical (unpaired) electrons. The highest BCUT2D eigenvalue weighted by molar-refractivity contribution is 6.07. The predicted molar refractivity (Wildman–Crippen MR) is 111 cm³/mol. The summed E-state index contributed by atoms with van der Waals surface area (Å²) < 4.78 is 12.2. The Labute approximate surface area is 169 Å². The Morgan fingerprint density at radius 3 is 2.59 bits per heavy atom. The average Bonchev–Trinajstić information content (AvgIpc) is 3.19. The number of carbonyl (C=O) groups excluding carboxylic acids is 1. The van der Waals surface area contributed by atoms with Crippen LogP contribution in [-0.2, 0) is 6.54 Å². The normalized spacial score (nSPS) is 10.7. The maximum absolute atomic E-state index is 12.7. The molecule has 1 heterocycles. The fraction of sp³-hybridized carbons (Fsp3) is 0.174. The molecule has 3 rings (SSSR count). The number of nitrogens with zero attached hydrogens (tertiary/aromatic N) is 3. The van der Waals surface area contributed by atoms with Crippen molar-refractivity contribution in [2.45, 2.75) is 13.0 Å². The molecule has 2 aromatic carbocycles. The van der Waals surface area contributed by atoms with Crippen molar-refractivity contribution in [3.8, 4) is 28.8 Å². The Morgan fingerprint density at radius 1 is 1.14 bits per heavy atom. The maximum Gasteiger partial charge on any atom is 0.185 e. The van der Waals surface area contributed by atoms with Crippen LogP contribution < -0.4 is 9.47 Å². The number of rotatable bonds is 8. The molecule has 146 valence electrons. The van der Waals surface area contributed by atoms with Crippen molar-refractivity contribution in [2.75, 3.05) is 14.2 Å². The van der Waals surface area contributed by atoms with Crippen LogP contribution in [0.4, 0.5) is 0 Å². The molecule has 0 saturated heterocycles. The molecular weight excluding hydrogens is 366 g/mol. The number of hydrogen-bond acceptors (Lipinski definition) is 5. The van der Waals surface area contributed by atoms with E-state index in [9.17, 15) is 4.79 Å². The maximum atomic E-state index is 12.7. The summed E-state index contributed by atoms with van der Waals surface area (Å²) in [5.41, 5.74) is 3.02. The van der Waals surface area contributed by atoms with Crippen LogP contribution in [0.5, 0.6) is 11.5 Å². The van der Waals surface area contributed by atoms with Gasteiger partial charge in [-0.15, -0.1) is 0 Å². The van der Waals surface area contributed by atoms with Crippen LogP contribution in [0.1, 0.15) is 22.3 Å². The van der Waals surface area contributed by atoms with Gasteiger partial charge >= 0.3 is 0 Å². The highest BCUT2D eigenvalue weighted by Gasteiger charge is 2.11. The topological polar surface area (TPSA) is 77.1 Å². The van der Waals surface area contributed by atoms with Crippen molar-refractivity contribution in [3.63, 3.8) is 0 Å². The number of ether oxygens (including phenoxy) is 2. The Bertz CT molecular complexity index is 1060. The van der Waals surface area contributed by atoms with Gasteiger partial charge in [0.2, 0.25) is 0 Å². The summed E-state index contributed by atoms with van der Waals surface area (Å²) in [5, 5.41) is 13.4. The van der Waals surface area contributed by atoms with Gasteiger partial charge in [-0.3, -0.25) is 9.48 Å². The number of aromatic nitrogens is 2. The second-order valence-electron chi connectivity index (χ2n) is 6.24. The third-order valence-corrected chi connectivity index (χ3v) is 4.37. The van der Waals surface area contributed by atoms with Gasteiger partial charge in [-0.25, -0.2) is 0 Å². The zero-order valence-electron chi connectivity index (χ0n) is 16.3. The van der Waals surface area contributed by atoms with Crippen molar-refractivity contribution in [1.82, 2.24) is 9.78 Å². The smallest absolute Gasteiger partial charge is 0.185 e. The minimum atomic E-state index is -0.158. The van der Waals surface area contributed by atoms with Gasteiger partial charge in [0.05, 0.1) is 38.9 Å². The lowest BCUT2D eigenvalue weighted by atomic mass is 10.1. The fourth-order valence-electron chi connectivity index (χ4n) is 2.91. The van der Waals surface area contributed by atoms with Crippen LogP contribution in [0.25, 0.3) is 17.3 Å². The monoisotopic (exact) mass is 387 g/mol. The standard InChI is InChI=1S/C23H21N3O3/c1-28-21-12-10-18(15-22(21)29-2)20(27)11-9-19-16-26(14-6-13-24)25-23(19)17-7-4-3-5-8-17/h3-5,7-12,15-16H,6,14H2,1-2H3/b11-9+. The van der Waals surface area contributed by atoms with Crippen LogP contribution in [0.3, 0.4) is 0 Å². The van der Waals surface area contributed by atoms with Crippen molar-refractivity contribution in [3.05, 3.63) is 71.9 Å². The molecule has 6 nitrogen and oxygen atoms in total. The summed E-state index contributed by atoms with van der Waals surface area (Å²) in [4.78, 5) is 12.7. The van der Waals surface area contributed by atoms with E-state index in [1.165, 1.54) is 13.2 Å². The third kappa shape index (κ3) is 4.71. The number of carbonyl (C=O) groups is 1. The molecule has 6 heteroatoms. The molecule has 29 heavy (non-hydrogen) atoms. The van der Waals surface area contributed by atoms with Crippen LogP contribution >= 0.6 is 0 Å². The number of methoxy groups -OCH3 is 2. The summed E-state index contributed by atoms with van der Waals surface area (Å²) in [6.07, 6.45) is 5.47. The zero-order valence-corrected chi connectivity index (χ0v) is 16.3. The summed E-state index contributed by atoms with van der Waals surface area (Å²) in [6.45, 7) is 0.494. The Hall–Kier alpha value is -3.85. The summed E-state index contributed by atoms with van der Waals surface area (Å²) in [6, 6.07) is 16.9. The first-order valence-electron chi connectivity index (χ1n) is 9.10. The molecule has 0 unspecified atom stereocenters. The molecule has 3 aromatic rings. The number of ketones is 1. The van der Waals surface area contributed by atoms with Crippen molar-refractivity contribution < 1.29 is 14.3 Å². The zero-order chi connectivity index (χ0) is 20.6. The van der Waals surface area contributed by atoms with E-state index in [2.05, 4.69) is 11.2 Å². The number of allylic oxidation sites excluding steroid dienone is 1. The molecule has 0 saturated carbocycles. The highest BCUT2D eigenvalue weighted by Crippen LogP contribution is 2.28. The van der Waals surface area contributed by atoms with E-state index in [1.807, 2.05) is 36.5 Å². The van der Waals surface area contributed by atoms with Crippen LogP contribution in [-0.4, -0.2) is 29.8 Å². The number of benzene rings is 2. The summed E-state index contributed by atoms with van der Waals surface area (Å²) in [5.74, 6) is 0.911. The molecule has 1 aromatic heterocycles. The third-order valence-electron chi connectivity index (χ3n) is 4.37. The van der Waals surface area contributed by atoms with Gasteiger partial charge in [-0.05, 0) is 30.4 Å². The molecule has 0 fully saturated rings. The fourth-order valence-corrected chi connectivity index (χ4v) is 2.91. The summed E-state index contributed by atoms with van der Waals surface area (Å²) in [7, 11) is 3.08. The van der Waals surface area contributed by atoms with E-state index < -0.39 is 0 Å². The van der Waals surface area contributed by atoms with Gasteiger partial charge < -0.3 is 9.47 Å². The van der Waals surface area contributed by atoms with E-state index in [0.29, 0.717) is 30.0 Å². The van der Waals surface area contributed by atoms with Crippen molar-refractivity contribution in [2.24, 2.45) is 0 Å². The van der Waals surface area contributed by atoms with Gasteiger partial charge in [-0.1, -0.05) is 30.3 Å². The Morgan fingerprint density at radius 2 is 1.90 bits per heavy atom. The second-order valence-corrected chi connectivity index (χ2v) is 6.24. The van der Waals surface area contributed by atoms with Crippen LogP contribution in [0.2, 0.25) is 0 Å². The van der Waals surface area contributed by atoms with Crippen LogP contribution in [0, 0.1) is 11.3 Å². The van der Waals surface area contributed by atoms with E-state index >= 15 is 0 Å². The van der Waals surface area contributed by atoms with E-state index in [0.717, 1.165) is 16.8 Å². The lowest BCUT2D eigenvalue weighted by molar-refractivity contribution is 0.104. The molecular formula is C23H21N3O3. The van der Waals surface area contributed by atoms with E-state index in [-0.39, 0.29) is 5.78 Å². The van der Waals surface area contributed by atoms with E-state index in [1.54, 1.807) is 36.1 Å². The number of aryl methyl sites for hydroxylation is 1. The second kappa shape index (κ2) is 9.38. The van der Waals surface area contributed by atoms with Gasteiger partial charge in [-0.2, -0.15) is 10.4 Å². The van der Waals surface area contributed by atoms with Crippen LogP contribution in [0.15, 0.2) is 60.8 Å². The molecule has 0 spiro atoms. The first kappa shape index (κ1) is 19.9. The van der Waals surface area contributed by atoms with Gasteiger partial charge in [0.15, 0.2) is 17.3 Å². The lowest BCUT2D eigenvalue weighted by Gasteiger charge is -2.08. The minimum Gasteiger partial charge on any atom is -0.493 e. The first-order chi connectivity index (χ1) is 14.2. The molecule has 0 amide bonds. The first-order valence-corrected chi connectivity index (χ1v) is 9.10. The SMILES string of the molecule is COc1ccc(C(=O)/C=C/c2cn(CCC#N)nc2-c2ccccc2)cc1OC. The largest absolute Gasteiger partial charge is 0.493 e. The Kier molecular flexibility index (Phi) is 6.43. The molecule has 0 aliphatic heterocycles. The van der Waals surface area contributed by atoms with Gasteiger partial charge in [0, 0.05) is 22.9 Å². The summed E-state index contributed by atoms with van der Waals surface area (Å²) >= 11 is 0. The minimum absolute atomic E-state index is 0.158. The highest BCUT2D eigenvalue weighted by atomic mass is 16.5. The lowest BCUT2D eigenvalue weighted by Crippen LogP contribution is -1.97. The number of hydrogen-bond donors (Lipinski definition) is 0.